The summed E-state index contributed by atoms with van der Waals surface area (Å²) >= 11 is 11.8. The van der Waals surface area contributed by atoms with Gasteiger partial charge in [0.05, 0.1) is 23.6 Å². The Kier molecular flexibility index (Phi) is 5.48. The van der Waals surface area contributed by atoms with Crippen LogP contribution < -0.4 is 10.1 Å². The van der Waals surface area contributed by atoms with Gasteiger partial charge in [0.1, 0.15) is 5.75 Å². The maximum absolute atomic E-state index is 12.0. The molecule has 1 N–H and O–H groups in total. The Morgan fingerprint density at radius 1 is 1.14 bits per heavy atom. The van der Waals surface area contributed by atoms with E-state index in [2.05, 4.69) is 5.32 Å². The molecule has 2 rings (SSSR count). The van der Waals surface area contributed by atoms with Crippen LogP contribution in [0.4, 0.5) is 0 Å². The quantitative estimate of drug-likeness (QED) is 0.907. The molecule has 0 aliphatic rings. The zero-order valence-electron chi connectivity index (χ0n) is 11.5. The van der Waals surface area contributed by atoms with Gasteiger partial charge < -0.3 is 10.1 Å². The first kappa shape index (κ1) is 15.7. The Morgan fingerprint density at radius 3 is 2.62 bits per heavy atom. The molecular formula is C16H15Cl2NO2. The average molecular weight is 324 g/mol. The van der Waals surface area contributed by atoms with Crippen LogP contribution in [0, 0.1) is 0 Å². The first-order valence-electron chi connectivity index (χ1n) is 6.42. The van der Waals surface area contributed by atoms with Crippen molar-refractivity contribution in [2.24, 2.45) is 0 Å². The fourth-order valence-electron chi connectivity index (χ4n) is 1.94. The van der Waals surface area contributed by atoms with Crippen LogP contribution in [0.15, 0.2) is 42.5 Å². The number of nitrogens with one attached hydrogen (secondary N) is 1. The van der Waals surface area contributed by atoms with Crippen LogP contribution in [0.25, 0.3) is 0 Å². The van der Waals surface area contributed by atoms with Gasteiger partial charge >= 0.3 is 0 Å². The predicted molar refractivity (Wildman–Crippen MR) is 85.0 cm³/mol. The van der Waals surface area contributed by atoms with Crippen LogP contribution in [0.3, 0.4) is 0 Å². The lowest BCUT2D eigenvalue weighted by Crippen LogP contribution is -2.24. The molecule has 0 aliphatic heterocycles. The summed E-state index contributed by atoms with van der Waals surface area (Å²) in [6, 6.07) is 12.7. The standard InChI is InChI=1S/C16H15Cl2NO2/c1-21-15-5-3-2-4-12(15)10-19-16(20)9-11-6-7-13(17)14(18)8-11/h2-8H,9-10H2,1H3,(H,19,20). The molecule has 0 saturated heterocycles. The molecule has 5 heteroatoms. The van der Waals surface area contributed by atoms with E-state index in [0.29, 0.717) is 16.6 Å². The molecule has 110 valence electrons. The summed E-state index contributed by atoms with van der Waals surface area (Å²) in [5.74, 6) is 0.673. The minimum Gasteiger partial charge on any atom is -0.496 e. The fraction of sp³-hybridized carbons (Fsp3) is 0.188. The van der Waals surface area contributed by atoms with Gasteiger partial charge in [-0.2, -0.15) is 0 Å². The Balaban J connectivity index is 1.94. The van der Waals surface area contributed by atoms with Crippen LogP contribution in [0.5, 0.6) is 5.75 Å². The molecule has 3 nitrogen and oxygen atoms in total. The van der Waals surface area contributed by atoms with Crippen LogP contribution in [-0.2, 0) is 17.8 Å². The van der Waals surface area contributed by atoms with Crippen molar-refractivity contribution in [2.45, 2.75) is 13.0 Å². The second kappa shape index (κ2) is 7.34. The maximum atomic E-state index is 12.0. The van der Waals surface area contributed by atoms with Crippen molar-refractivity contribution in [1.82, 2.24) is 5.32 Å². The third kappa shape index (κ3) is 4.38. The number of amides is 1. The van der Waals surface area contributed by atoms with Gasteiger partial charge in [-0.3, -0.25) is 4.79 Å². The Labute approximate surface area is 133 Å². The second-order valence-corrected chi connectivity index (χ2v) is 5.33. The highest BCUT2D eigenvalue weighted by molar-refractivity contribution is 6.42. The Hall–Kier alpha value is -1.71. The lowest BCUT2D eigenvalue weighted by Gasteiger charge is -2.09. The van der Waals surface area contributed by atoms with Crippen LogP contribution in [0.2, 0.25) is 10.0 Å². The van der Waals surface area contributed by atoms with Gasteiger partial charge in [-0.05, 0) is 23.8 Å². The van der Waals surface area contributed by atoms with Gasteiger partial charge in [0, 0.05) is 12.1 Å². The number of carbonyl (C=O) groups is 1. The third-order valence-electron chi connectivity index (χ3n) is 3.02. The number of halogens is 2. The van der Waals surface area contributed by atoms with E-state index in [1.54, 1.807) is 25.3 Å². The van der Waals surface area contributed by atoms with E-state index < -0.39 is 0 Å². The second-order valence-electron chi connectivity index (χ2n) is 4.51. The lowest BCUT2D eigenvalue weighted by molar-refractivity contribution is -0.120. The van der Waals surface area contributed by atoms with Crippen LogP contribution >= 0.6 is 23.2 Å². The molecule has 0 aliphatic carbocycles. The maximum Gasteiger partial charge on any atom is 0.224 e. The number of hydrogen-bond acceptors (Lipinski definition) is 2. The number of methoxy groups -OCH3 is 1. The minimum absolute atomic E-state index is 0.0840. The van der Waals surface area contributed by atoms with Crippen molar-refractivity contribution in [3.8, 4) is 5.75 Å². The largest absolute Gasteiger partial charge is 0.496 e. The Bertz CT molecular complexity index is 644. The highest BCUT2D eigenvalue weighted by Crippen LogP contribution is 2.22. The van der Waals surface area contributed by atoms with E-state index in [1.807, 2.05) is 24.3 Å². The van der Waals surface area contributed by atoms with Gasteiger partial charge in [-0.25, -0.2) is 0 Å². The van der Waals surface area contributed by atoms with Gasteiger partial charge in [-0.15, -0.1) is 0 Å². The van der Waals surface area contributed by atoms with Gasteiger partial charge in [-0.1, -0.05) is 47.5 Å². The van der Waals surface area contributed by atoms with Crippen molar-refractivity contribution >= 4 is 29.1 Å². The van der Waals surface area contributed by atoms with Crippen LogP contribution in [0.1, 0.15) is 11.1 Å². The van der Waals surface area contributed by atoms with Crippen molar-refractivity contribution in [1.29, 1.82) is 0 Å². The van der Waals surface area contributed by atoms with Crippen LogP contribution in [-0.4, -0.2) is 13.0 Å². The van der Waals surface area contributed by atoms with E-state index in [9.17, 15) is 4.79 Å². The molecule has 0 unspecified atom stereocenters. The van der Waals surface area contributed by atoms with Crippen molar-refractivity contribution in [3.63, 3.8) is 0 Å². The number of carbonyl (C=O) groups excluding carboxylic acids is 1. The Morgan fingerprint density at radius 2 is 1.90 bits per heavy atom. The highest BCUT2D eigenvalue weighted by Gasteiger charge is 2.07. The summed E-state index contributed by atoms with van der Waals surface area (Å²) in [7, 11) is 1.61. The third-order valence-corrected chi connectivity index (χ3v) is 3.76. The average Bonchev–Trinajstić information content (AvgIpc) is 2.49. The number of ether oxygens (including phenoxy) is 1. The normalized spacial score (nSPS) is 10.2. The number of benzene rings is 2. The molecule has 0 fully saturated rings. The topological polar surface area (TPSA) is 38.3 Å². The summed E-state index contributed by atoms with van der Waals surface area (Å²) in [5, 5.41) is 3.79. The molecule has 0 radical (unpaired) electrons. The summed E-state index contributed by atoms with van der Waals surface area (Å²) in [5.41, 5.74) is 1.75. The summed E-state index contributed by atoms with van der Waals surface area (Å²) in [6.45, 7) is 0.421. The predicted octanol–water partition coefficient (Wildman–Crippen LogP) is 3.86. The van der Waals surface area contributed by atoms with E-state index in [1.165, 1.54) is 0 Å². The SMILES string of the molecule is COc1ccccc1CNC(=O)Cc1ccc(Cl)c(Cl)c1. The lowest BCUT2D eigenvalue weighted by atomic mass is 10.1. The molecule has 1 amide bonds. The summed E-state index contributed by atoms with van der Waals surface area (Å²) in [6.07, 6.45) is 0.256. The number of para-hydroxylation sites is 1. The van der Waals surface area contributed by atoms with Crippen molar-refractivity contribution in [2.75, 3.05) is 7.11 Å². The summed E-state index contributed by atoms with van der Waals surface area (Å²) in [4.78, 5) is 12.0. The van der Waals surface area contributed by atoms with Gasteiger partial charge in [0.2, 0.25) is 5.91 Å². The smallest absolute Gasteiger partial charge is 0.224 e. The van der Waals surface area contributed by atoms with Crippen molar-refractivity contribution in [3.05, 3.63) is 63.6 Å². The molecule has 2 aromatic rings. The first-order chi connectivity index (χ1) is 10.1. The molecule has 0 bridgehead atoms. The van der Waals surface area contributed by atoms with E-state index >= 15 is 0 Å². The monoisotopic (exact) mass is 323 g/mol. The first-order valence-corrected chi connectivity index (χ1v) is 7.18. The molecule has 0 heterocycles. The fourth-order valence-corrected chi connectivity index (χ4v) is 2.26. The molecule has 0 spiro atoms. The van der Waals surface area contributed by atoms with Crippen molar-refractivity contribution < 1.29 is 9.53 Å². The van der Waals surface area contributed by atoms with E-state index in [4.69, 9.17) is 27.9 Å². The number of rotatable bonds is 5. The molecular weight excluding hydrogens is 309 g/mol. The zero-order valence-corrected chi connectivity index (χ0v) is 13.0. The molecule has 0 atom stereocenters. The van der Waals surface area contributed by atoms with Gasteiger partial charge in [0.15, 0.2) is 0 Å². The molecule has 0 saturated carbocycles. The number of hydrogen-bond donors (Lipinski definition) is 1. The van der Waals surface area contributed by atoms with Gasteiger partial charge in [0.25, 0.3) is 0 Å². The summed E-state index contributed by atoms with van der Waals surface area (Å²) < 4.78 is 5.24. The van der Waals surface area contributed by atoms with E-state index in [-0.39, 0.29) is 12.3 Å². The molecule has 0 aromatic heterocycles. The van der Waals surface area contributed by atoms with E-state index in [0.717, 1.165) is 16.9 Å². The molecule has 21 heavy (non-hydrogen) atoms. The highest BCUT2D eigenvalue weighted by atomic mass is 35.5. The minimum atomic E-state index is -0.0840. The zero-order chi connectivity index (χ0) is 15.2. The molecule has 2 aromatic carbocycles.